The van der Waals surface area contributed by atoms with Crippen molar-refractivity contribution >= 4 is 17.2 Å². The lowest BCUT2D eigenvalue weighted by molar-refractivity contribution is 0.618. The standard InChI is InChI=1S/C12H14ClF/c1-9(4-3-7-13)11-5-6-12(14)10(2)8-11/h4-6,8H,3,7H2,1-2H3/b9-4+. The van der Waals surface area contributed by atoms with Crippen LogP contribution in [-0.4, -0.2) is 5.88 Å². The van der Waals surface area contributed by atoms with Crippen molar-refractivity contribution in [2.24, 2.45) is 0 Å². The molecule has 0 heterocycles. The molecule has 2 heteroatoms. The van der Waals surface area contributed by atoms with Gasteiger partial charge in [0.05, 0.1) is 0 Å². The predicted octanol–water partition coefficient (Wildman–Crippen LogP) is 4.17. The third kappa shape index (κ3) is 2.85. The number of benzene rings is 1. The molecule has 1 rings (SSSR count). The third-order valence-electron chi connectivity index (χ3n) is 2.17. The molecule has 1 aromatic rings. The lowest BCUT2D eigenvalue weighted by Crippen LogP contribution is -1.86. The van der Waals surface area contributed by atoms with E-state index in [0.29, 0.717) is 11.4 Å². The third-order valence-corrected chi connectivity index (χ3v) is 2.39. The molecule has 76 valence electrons. The van der Waals surface area contributed by atoms with E-state index in [0.717, 1.165) is 17.6 Å². The zero-order valence-electron chi connectivity index (χ0n) is 8.48. The molecule has 0 aliphatic rings. The van der Waals surface area contributed by atoms with E-state index in [-0.39, 0.29) is 5.82 Å². The van der Waals surface area contributed by atoms with Crippen molar-refractivity contribution in [3.05, 3.63) is 41.2 Å². The normalized spacial score (nSPS) is 11.9. The highest BCUT2D eigenvalue weighted by molar-refractivity contribution is 6.17. The fourth-order valence-electron chi connectivity index (χ4n) is 1.28. The van der Waals surface area contributed by atoms with Crippen LogP contribution in [0.3, 0.4) is 0 Å². The molecule has 0 amide bonds. The second kappa shape index (κ2) is 5.16. The van der Waals surface area contributed by atoms with Crippen LogP contribution in [0, 0.1) is 12.7 Å². The lowest BCUT2D eigenvalue weighted by atomic mass is 10.0. The highest BCUT2D eigenvalue weighted by atomic mass is 35.5. The topological polar surface area (TPSA) is 0 Å². The van der Waals surface area contributed by atoms with Crippen LogP contribution >= 0.6 is 11.6 Å². The maximum absolute atomic E-state index is 13.0. The maximum atomic E-state index is 13.0. The zero-order valence-corrected chi connectivity index (χ0v) is 9.24. The van der Waals surface area contributed by atoms with Crippen molar-refractivity contribution in [3.8, 4) is 0 Å². The SMILES string of the molecule is C/C(=C\CCCl)c1ccc(F)c(C)c1. The fourth-order valence-corrected chi connectivity index (χ4v) is 1.39. The molecule has 0 unspecified atom stereocenters. The van der Waals surface area contributed by atoms with E-state index in [4.69, 9.17) is 11.6 Å². The summed E-state index contributed by atoms with van der Waals surface area (Å²) in [7, 11) is 0. The van der Waals surface area contributed by atoms with Gasteiger partial charge in [-0.25, -0.2) is 4.39 Å². The number of rotatable bonds is 3. The maximum Gasteiger partial charge on any atom is 0.126 e. The summed E-state index contributed by atoms with van der Waals surface area (Å²) < 4.78 is 13.0. The van der Waals surface area contributed by atoms with Crippen molar-refractivity contribution in [1.82, 2.24) is 0 Å². The first-order chi connectivity index (χ1) is 6.65. The molecule has 14 heavy (non-hydrogen) atoms. The number of alkyl halides is 1. The van der Waals surface area contributed by atoms with Gasteiger partial charge in [-0.2, -0.15) is 0 Å². The number of hydrogen-bond donors (Lipinski definition) is 0. The highest BCUT2D eigenvalue weighted by Crippen LogP contribution is 2.17. The van der Waals surface area contributed by atoms with Gasteiger partial charge in [0, 0.05) is 5.88 Å². The second-order valence-electron chi connectivity index (χ2n) is 3.33. The number of aryl methyl sites for hydroxylation is 1. The molecule has 0 aliphatic carbocycles. The van der Waals surface area contributed by atoms with Gasteiger partial charge in [0.2, 0.25) is 0 Å². The summed E-state index contributed by atoms with van der Waals surface area (Å²) in [5.41, 5.74) is 2.89. The molecular formula is C12H14ClF. The van der Waals surface area contributed by atoms with Gasteiger partial charge in [0.15, 0.2) is 0 Å². The molecule has 0 saturated heterocycles. The first kappa shape index (κ1) is 11.3. The molecule has 0 N–H and O–H groups in total. The molecule has 0 aliphatic heterocycles. The van der Waals surface area contributed by atoms with Crippen LogP contribution in [0.1, 0.15) is 24.5 Å². The molecule has 0 spiro atoms. The number of allylic oxidation sites excluding steroid dienone is 2. The molecule has 0 nitrogen and oxygen atoms in total. The molecular weight excluding hydrogens is 199 g/mol. The van der Waals surface area contributed by atoms with Crippen molar-refractivity contribution in [3.63, 3.8) is 0 Å². The Morgan fingerprint density at radius 3 is 2.79 bits per heavy atom. The Morgan fingerprint density at radius 1 is 1.50 bits per heavy atom. The van der Waals surface area contributed by atoms with Crippen LogP contribution in [0.5, 0.6) is 0 Å². The number of halogens is 2. The van der Waals surface area contributed by atoms with Gasteiger partial charge in [0.1, 0.15) is 5.82 Å². The molecule has 0 fully saturated rings. The van der Waals surface area contributed by atoms with Gasteiger partial charge in [-0.3, -0.25) is 0 Å². The molecule has 0 saturated carbocycles. The highest BCUT2D eigenvalue weighted by Gasteiger charge is 1.99. The Hall–Kier alpha value is -0.820. The van der Waals surface area contributed by atoms with E-state index < -0.39 is 0 Å². The second-order valence-corrected chi connectivity index (χ2v) is 3.71. The van der Waals surface area contributed by atoms with Gasteiger partial charge < -0.3 is 0 Å². The molecule has 0 radical (unpaired) electrons. The molecule has 0 aromatic heterocycles. The van der Waals surface area contributed by atoms with Gasteiger partial charge in [0.25, 0.3) is 0 Å². The summed E-state index contributed by atoms with van der Waals surface area (Å²) >= 11 is 5.58. The molecule has 0 atom stereocenters. The summed E-state index contributed by atoms with van der Waals surface area (Å²) in [5.74, 6) is 0.469. The summed E-state index contributed by atoms with van der Waals surface area (Å²) in [6.45, 7) is 3.78. The smallest absolute Gasteiger partial charge is 0.126 e. The van der Waals surface area contributed by atoms with E-state index in [1.54, 1.807) is 13.0 Å². The van der Waals surface area contributed by atoms with Crippen LogP contribution < -0.4 is 0 Å². The Morgan fingerprint density at radius 2 is 2.21 bits per heavy atom. The Labute approximate surface area is 89.4 Å². The van der Waals surface area contributed by atoms with Crippen LogP contribution in [-0.2, 0) is 0 Å². The molecule has 0 bridgehead atoms. The Kier molecular flexibility index (Phi) is 4.15. The minimum absolute atomic E-state index is 0.154. The fraction of sp³-hybridized carbons (Fsp3) is 0.333. The van der Waals surface area contributed by atoms with Crippen LogP contribution in [0.4, 0.5) is 4.39 Å². The predicted molar refractivity (Wildman–Crippen MR) is 60.1 cm³/mol. The van der Waals surface area contributed by atoms with Crippen molar-refractivity contribution in [1.29, 1.82) is 0 Å². The van der Waals surface area contributed by atoms with Crippen LogP contribution in [0.25, 0.3) is 5.57 Å². The monoisotopic (exact) mass is 212 g/mol. The van der Waals surface area contributed by atoms with Crippen molar-refractivity contribution in [2.45, 2.75) is 20.3 Å². The lowest BCUT2D eigenvalue weighted by Gasteiger charge is -2.03. The van der Waals surface area contributed by atoms with Gasteiger partial charge >= 0.3 is 0 Å². The van der Waals surface area contributed by atoms with Gasteiger partial charge in [-0.1, -0.05) is 12.1 Å². The summed E-state index contributed by atoms with van der Waals surface area (Å²) in [6, 6.07) is 5.15. The quantitative estimate of drug-likeness (QED) is 0.660. The van der Waals surface area contributed by atoms with Crippen molar-refractivity contribution in [2.75, 3.05) is 5.88 Å². The van der Waals surface area contributed by atoms with Gasteiger partial charge in [-0.15, -0.1) is 11.6 Å². The zero-order chi connectivity index (χ0) is 10.6. The van der Waals surface area contributed by atoms with E-state index in [2.05, 4.69) is 6.08 Å². The van der Waals surface area contributed by atoms with E-state index in [1.165, 1.54) is 6.07 Å². The minimum Gasteiger partial charge on any atom is -0.207 e. The van der Waals surface area contributed by atoms with E-state index in [1.807, 2.05) is 13.0 Å². The summed E-state index contributed by atoms with van der Waals surface area (Å²) in [5, 5.41) is 0. The van der Waals surface area contributed by atoms with Crippen LogP contribution in [0.2, 0.25) is 0 Å². The van der Waals surface area contributed by atoms with E-state index in [9.17, 15) is 4.39 Å². The first-order valence-corrected chi connectivity index (χ1v) is 5.18. The Balaban J connectivity index is 2.91. The summed E-state index contributed by atoms with van der Waals surface area (Å²) in [4.78, 5) is 0. The summed E-state index contributed by atoms with van der Waals surface area (Å²) in [6.07, 6.45) is 2.92. The average Bonchev–Trinajstić information content (AvgIpc) is 2.18. The molecule has 1 aromatic carbocycles. The first-order valence-electron chi connectivity index (χ1n) is 4.64. The Bertz CT molecular complexity index is 342. The number of hydrogen-bond acceptors (Lipinski definition) is 0. The van der Waals surface area contributed by atoms with Crippen molar-refractivity contribution < 1.29 is 4.39 Å². The minimum atomic E-state index is -0.154. The van der Waals surface area contributed by atoms with Gasteiger partial charge in [-0.05, 0) is 49.1 Å². The van der Waals surface area contributed by atoms with E-state index >= 15 is 0 Å². The van der Waals surface area contributed by atoms with Crippen LogP contribution in [0.15, 0.2) is 24.3 Å². The average molecular weight is 213 g/mol. The largest absolute Gasteiger partial charge is 0.207 e.